The van der Waals surface area contributed by atoms with Crippen LogP contribution in [0.5, 0.6) is 0 Å². The lowest BCUT2D eigenvalue weighted by molar-refractivity contribution is -0.127. The van der Waals surface area contributed by atoms with Gasteiger partial charge in [0.15, 0.2) is 5.96 Å². The molecule has 1 aliphatic rings. The van der Waals surface area contributed by atoms with Crippen molar-refractivity contribution in [3.8, 4) is 0 Å². The van der Waals surface area contributed by atoms with Gasteiger partial charge in [0.1, 0.15) is 6.54 Å². The number of carbonyl (C=O) groups excluding carboxylic acids is 1. The summed E-state index contributed by atoms with van der Waals surface area (Å²) in [6.45, 7) is 8.85. The number of hydrogen-bond donors (Lipinski definition) is 1. The predicted molar refractivity (Wildman–Crippen MR) is 118 cm³/mol. The summed E-state index contributed by atoms with van der Waals surface area (Å²) in [5.41, 5.74) is 1.29. The van der Waals surface area contributed by atoms with Gasteiger partial charge in [-0.15, -0.1) is 0 Å². The number of rotatable bonds is 8. The number of nitrogens with zero attached hydrogens (tertiary/aromatic N) is 4. The van der Waals surface area contributed by atoms with Gasteiger partial charge in [0.2, 0.25) is 5.91 Å². The highest BCUT2D eigenvalue weighted by Crippen LogP contribution is 2.15. The Morgan fingerprint density at radius 3 is 2.45 bits per heavy atom. The quantitative estimate of drug-likeness (QED) is 0.524. The highest BCUT2D eigenvalue weighted by molar-refractivity contribution is 5.85. The monoisotopic (exact) mass is 403 g/mol. The normalized spacial score (nSPS) is 20.6. The van der Waals surface area contributed by atoms with Crippen molar-refractivity contribution in [2.24, 2.45) is 4.99 Å². The number of aliphatic imine (C=N–C) groups is 1. The highest BCUT2D eigenvalue weighted by Gasteiger charge is 2.30. The third-order valence-corrected chi connectivity index (χ3v) is 5.36. The molecule has 0 radical (unpaired) electrons. The van der Waals surface area contributed by atoms with E-state index in [4.69, 9.17) is 4.74 Å². The first-order valence-corrected chi connectivity index (χ1v) is 10.4. The van der Waals surface area contributed by atoms with Gasteiger partial charge >= 0.3 is 0 Å². The Morgan fingerprint density at radius 1 is 1.21 bits per heavy atom. The topological polar surface area (TPSA) is 60.4 Å². The van der Waals surface area contributed by atoms with Gasteiger partial charge in [0, 0.05) is 59.5 Å². The second-order valence-electron chi connectivity index (χ2n) is 7.92. The molecule has 1 saturated heterocycles. The van der Waals surface area contributed by atoms with Crippen LogP contribution in [-0.4, -0.2) is 99.2 Å². The lowest BCUT2D eigenvalue weighted by Crippen LogP contribution is -2.60. The number of methoxy groups -OCH3 is 1. The van der Waals surface area contributed by atoms with Crippen molar-refractivity contribution in [3.05, 3.63) is 35.9 Å². The third kappa shape index (κ3) is 7.33. The lowest BCUT2D eigenvalue weighted by atomic mass is 10.1. The molecule has 162 valence electrons. The van der Waals surface area contributed by atoms with Gasteiger partial charge in [-0.25, -0.2) is 4.99 Å². The second-order valence-corrected chi connectivity index (χ2v) is 7.92. The molecule has 2 unspecified atom stereocenters. The number of benzene rings is 1. The number of guanidine groups is 1. The summed E-state index contributed by atoms with van der Waals surface area (Å²) in [5.74, 6) is 0.827. The molecule has 1 aromatic carbocycles. The van der Waals surface area contributed by atoms with E-state index in [1.165, 1.54) is 5.56 Å². The Labute approximate surface area is 175 Å². The van der Waals surface area contributed by atoms with Crippen LogP contribution in [0.25, 0.3) is 0 Å². The molecule has 29 heavy (non-hydrogen) atoms. The fourth-order valence-corrected chi connectivity index (χ4v) is 3.68. The van der Waals surface area contributed by atoms with Crippen LogP contribution in [0.15, 0.2) is 35.3 Å². The highest BCUT2D eigenvalue weighted by atomic mass is 16.5. The summed E-state index contributed by atoms with van der Waals surface area (Å²) in [5, 5.41) is 3.49. The Balaban J connectivity index is 2.03. The molecular weight excluding hydrogens is 366 g/mol. The largest absolute Gasteiger partial charge is 0.383 e. The molecule has 1 N–H and O–H groups in total. The van der Waals surface area contributed by atoms with E-state index in [2.05, 4.69) is 58.2 Å². The third-order valence-electron chi connectivity index (χ3n) is 5.36. The standard InChI is InChI=1S/C22H37N5O2/c1-18-16-26(17-19(2)27(18)13-14-29-5)22(24-15-21(28)25(3)4)23-12-11-20-9-7-6-8-10-20/h6-10,18-19H,11-17H2,1-5H3,(H,23,24). The SMILES string of the molecule is COCCN1C(C)CN(C(=NCC(=O)N(C)C)NCCc2ccccc2)CC1C. The Kier molecular flexibility index (Phi) is 9.41. The first-order valence-electron chi connectivity index (χ1n) is 10.4. The maximum absolute atomic E-state index is 12.1. The minimum absolute atomic E-state index is 0.00665. The molecule has 0 aliphatic carbocycles. The number of nitrogens with one attached hydrogen (secondary N) is 1. The molecule has 1 amide bonds. The summed E-state index contributed by atoms with van der Waals surface area (Å²) >= 11 is 0. The summed E-state index contributed by atoms with van der Waals surface area (Å²) < 4.78 is 5.26. The summed E-state index contributed by atoms with van der Waals surface area (Å²) in [6.07, 6.45) is 0.917. The van der Waals surface area contributed by atoms with Crippen molar-refractivity contribution in [3.63, 3.8) is 0 Å². The van der Waals surface area contributed by atoms with Gasteiger partial charge in [-0.2, -0.15) is 0 Å². The van der Waals surface area contributed by atoms with Gasteiger partial charge in [0.05, 0.1) is 6.61 Å². The molecule has 1 heterocycles. The van der Waals surface area contributed by atoms with Gasteiger partial charge < -0.3 is 19.9 Å². The number of ether oxygens (including phenoxy) is 1. The molecular formula is C22H37N5O2. The van der Waals surface area contributed by atoms with Crippen LogP contribution in [0.2, 0.25) is 0 Å². The van der Waals surface area contributed by atoms with Gasteiger partial charge in [-0.1, -0.05) is 30.3 Å². The van der Waals surface area contributed by atoms with E-state index >= 15 is 0 Å². The number of piperazine rings is 1. The van der Waals surface area contributed by atoms with Gasteiger partial charge in [-0.05, 0) is 25.8 Å². The van der Waals surface area contributed by atoms with Crippen molar-refractivity contribution >= 4 is 11.9 Å². The second kappa shape index (κ2) is 11.8. The Hall–Kier alpha value is -2.12. The summed E-state index contributed by atoms with van der Waals surface area (Å²) in [4.78, 5) is 23.1. The summed E-state index contributed by atoms with van der Waals surface area (Å²) in [6, 6.07) is 11.2. The minimum Gasteiger partial charge on any atom is -0.383 e. The van der Waals surface area contributed by atoms with Gasteiger partial charge in [0.25, 0.3) is 0 Å². The smallest absolute Gasteiger partial charge is 0.243 e. The van der Waals surface area contributed by atoms with Crippen LogP contribution in [-0.2, 0) is 16.0 Å². The van der Waals surface area contributed by atoms with Crippen molar-refractivity contribution in [2.45, 2.75) is 32.4 Å². The predicted octanol–water partition coefficient (Wildman–Crippen LogP) is 1.30. The molecule has 0 spiro atoms. The fraction of sp³-hybridized carbons (Fsp3) is 0.636. The Bertz CT molecular complexity index is 638. The van der Waals surface area contributed by atoms with Crippen LogP contribution in [0.4, 0.5) is 0 Å². The number of likely N-dealkylation sites (N-methyl/N-ethyl adjacent to an activating group) is 1. The zero-order valence-electron chi connectivity index (χ0n) is 18.6. The average Bonchev–Trinajstić information content (AvgIpc) is 2.70. The molecule has 1 aromatic rings. The maximum Gasteiger partial charge on any atom is 0.243 e. The van der Waals surface area contributed by atoms with E-state index in [1.54, 1.807) is 26.1 Å². The lowest BCUT2D eigenvalue weighted by Gasteiger charge is -2.45. The zero-order chi connectivity index (χ0) is 21.2. The first-order chi connectivity index (χ1) is 13.9. The minimum atomic E-state index is 0.00665. The fourth-order valence-electron chi connectivity index (χ4n) is 3.68. The number of amides is 1. The molecule has 0 saturated carbocycles. The molecule has 1 fully saturated rings. The zero-order valence-corrected chi connectivity index (χ0v) is 18.6. The van der Waals surface area contributed by atoms with Crippen molar-refractivity contribution < 1.29 is 9.53 Å². The van der Waals surface area contributed by atoms with Crippen LogP contribution in [0.3, 0.4) is 0 Å². The number of hydrogen-bond acceptors (Lipinski definition) is 4. The van der Waals surface area contributed by atoms with Crippen molar-refractivity contribution in [1.29, 1.82) is 0 Å². The van der Waals surface area contributed by atoms with E-state index in [1.807, 2.05) is 6.07 Å². The summed E-state index contributed by atoms with van der Waals surface area (Å²) in [7, 11) is 5.27. The van der Waals surface area contributed by atoms with E-state index in [0.29, 0.717) is 12.1 Å². The van der Waals surface area contributed by atoms with Gasteiger partial charge in [-0.3, -0.25) is 9.69 Å². The molecule has 0 aromatic heterocycles. The maximum atomic E-state index is 12.1. The molecule has 7 heteroatoms. The van der Waals surface area contributed by atoms with E-state index in [0.717, 1.165) is 45.2 Å². The molecule has 1 aliphatic heterocycles. The van der Waals surface area contributed by atoms with E-state index in [-0.39, 0.29) is 12.5 Å². The van der Waals surface area contributed by atoms with Crippen molar-refractivity contribution in [1.82, 2.24) is 20.0 Å². The van der Waals surface area contributed by atoms with E-state index in [9.17, 15) is 4.79 Å². The molecule has 2 atom stereocenters. The van der Waals surface area contributed by atoms with Crippen LogP contribution < -0.4 is 5.32 Å². The molecule has 7 nitrogen and oxygen atoms in total. The number of carbonyl (C=O) groups is 1. The van der Waals surface area contributed by atoms with Crippen molar-refractivity contribution in [2.75, 3.05) is 60.5 Å². The molecule has 2 rings (SSSR count). The molecule has 0 bridgehead atoms. The average molecular weight is 404 g/mol. The van der Waals surface area contributed by atoms with E-state index < -0.39 is 0 Å². The first kappa shape index (κ1) is 23.2. The Morgan fingerprint density at radius 2 is 1.86 bits per heavy atom. The van der Waals surface area contributed by atoms with Crippen LogP contribution in [0.1, 0.15) is 19.4 Å². The van der Waals surface area contributed by atoms with Crippen LogP contribution in [0, 0.1) is 0 Å². The van der Waals surface area contributed by atoms with Crippen LogP contribution >= 0.6 is 0 Å².